The normalized spacial score (nSPS) is 11.3. The first-order valence-electron chi connectivity index (χ1n) is 4.74. The van der Waals surface area contributed by atoms with Crippen LogP contribution in [0.15, 0.2) is 12.3 Å². The molecule has 4 heteroatoms. The Morgan fingerprint density at radius 2 is 2.07 bits per heavy atom. The number of nitrogens with zero attached hydrogens (tertiary/aromatic N) is 1. The molecule has 0 aliphatic heterocycles. The maximum absolute atomic E-state index is 11.7. The SMILES string of the molecule is Cc1ncc(Cl)cc1NC(=O)C(C)(C)C. The van der Waals surface area contributed by atoms with E-state index < -0.39 is 5.41 Å². The van der Waals surface area contributed by atoms with Gasteiger partial charge >= 0.3 is 0 Å². The Kier molecular flexibility index (Phi) is 3.35. The number of nitrogens with one attached hydrogen (secondary N) is 1. The van der Waals surface area contributed by atoms with Crippen molar-refractivity contribution >= 4 is 23.2 Å². The van der Waals surface area contributed by atoms with Crippen molar-refractivity contribution in [1.29, 1.82) is 0 Å². The van der Waals surface area contributed by atoms with Crippen LogP contribution in [0.4, 0.5) is 5.69 Å². The van der Waals surface area contributed by atoms with Crippen LogP contribution in [-0.4, -0.2) is 10.9 Å². The summed E-state index contributed by atoms with van der Waals surface area (Å²) >= 11 is 5.80. The first-order valence-corrected chi connectivity index (χ1v) is 5.12. The summed E-state index contributed by atoms with van der Waals surface area (Å²) in [5.74, 6) is -0.0466. The van der Waals surface area contributed by atoms with Gasteiger partial charge in [-0.2, -0.15) is 0 Å². The molecule has 1 aromatic heterocycles. The first-order chi connectivity index (χ1) is 6.80. The predicted octanol–water partition coefficient (Wildman–Crippen LogP) is 3.03. The van der Waals surface area contributed by atoms with Crippen molar-refractivity contribution < 1.29 is 4.79 Å². The monoisotopic (exact) mass is 226 g/mol. The summed E-state index contributed by atoms with van der Waals surface area (Å²) < 4.78 is 0. The molecule has 15 heavy (non-hydrogen) atoms. The smallest absolute Gasteiger partial charge is 0.229 e. The standard InChI is InChI=1S/C11H15ClN2O/c1-7-9(5-8(12)6-13-7)14-10(15)11(2,3)4/h5-6H,1-4H3,(H,14,15). The van der Waals surface area contributed by atoms with E-state index in [2.05, 4.69) is 10.3 Å². The lowest BCUT2D eigenvalue weighted by Crippen LogP contribution is -2.28. The van der Waals surface area contributed by atoms with Crippen LogP contribution < -0.4 is 5.32 Å². The van der Waals surface area contributed by atoms with Gasteiger partial charge in [0.05, 0.1) is 16.4 Å². The van der Waals surface area contributed by atoms with E-state index in [9.17, 15) is 4.79 Å². The predicted molar refractivity (Wildman–Crippen MR) is 62.1 cm³/mol. The number of pyridine rings is 1. The number of rotatable bonds is 1. The molecule has 0 aromatic carbocycles. The number of hydrogen-bond acceptors (Lipinski definition) is 2. The Labute approximate surface area is 94.9 Å². The van der Waals surface area contributed by atoms with E-state index in [-0.39, 0.29) is 5.91 Å². The van der Waals surface area contributed by atoms with Gasteiger partial charge in [0.25, 0.3) is 0 Å². The number of aryl methyl sites for hydroxylation is 1. The van der Waals surface area contributed by atoms with Gasteiger partial charge in [0.1, 0.15) is 0 Å². The molecular formula is C11H15ClN2O. The van der Waals surface area contributed by atoms with Gasteiger partial charge < -0.3 is 5.32 Å². The van der Waals surface area contributed by atoms with Gasteiger partial charge in [-0.25, -0.2) is 0 Å². The summed E-state index contributed by atoms with van der Waals surface area (Å²) in [6.07, 6.45) is 1.56. The largest absolute Gasteiger partial charge is 0.324 e. The second-order valence-electron chi connectivity index (χ2n) is 4.49. The van der Waals surface area contributed by atoms with E-state index in [1.165, 1.54) is 0 Å². The van der Waals surface area contributed by atoms with Crippen LogP contribution in [0.25, 0.3) is 0 Å². The second-order valence-corrected chi connectivity index (χ2v) is 4.93. The van der Waals surface area contributed by atoms with E-state index in [0.29, 0.717) is 10.7 Å². The highest BCUT2D eigenvalue weighted by molar-refractivity contribution is 6.30. The number of amides is 1. The molecule has 0 saturated heterocycles. The number of anilines is 1. The summed E-state index contributed by atoms with van der Waals surface area (Å²) in [6, 6.07) is 1.70. The molecule has 1 amide bonds. The van der Waals surface area contributed by atoms with Crippen molar-refractivity contribution in [1.82, 2.24) is 4.98 Å². The van der Waals surface area contributed by atoms with Crippen LogP contribution in [-0.2, 0) is 4.79 Å². The molecule has 0 atom stereocenters. The molecule has 0 aliphatic carbocycles. The van der Waals surface area contributed by atoms with E-state index in [0.717, 1.165) is 5.69 Å². The van der Waals surface area contributed by atoms with Gasteiger partial charge in [-0.3, -0.25) is 9.78 Å². The van der Waals surface area contributed by atoms with Crippen molar-refractivity contribution in [3.63, 3.8) is 0 Å². The molecule has 0 fully saturated rings. The number of aromatic nitrogens is 1. The number of carbonyl (C=O) groups excluding carboxylic acids is 1. The number of halogens is 1. The quantitative estimate of drug-likeness (QED) is 0.800. The molecule has 1 heterocycles. The molecular weight excluding hydrogens is 212 g/mol. The number of hydrogen-bond donors (Lipinski definition) is 1. The minimum absolute atomic E-state index is 0.0466. The van der Waals surface area contributed by atoms with E-state index in [1.54, 1.807) is 12.3 Å². The van der Waals surface area contributed by atoms with E-state index in [4.69, 9.17) is 11.6 Å². The lowest BCUT2D eigenvalue weighted by Gasteiger charge is -2.18. The molecule has 0 saturated carbocycles. The summed E-state index contributed by atoms with van der Waals surface area (Å²) in [6.45, 7) is 7.40. The zero-order valence-corrected chi connectivity index (χ0v) is 10.1. The molecule has 0 unspecified atom stereocenters. The van der Waals surface area contributed by atoms with Crippen LogP contribution in [0.3, 0.4) is 0 Å². The fourth-order valence-electron chi connectivity index (χ4n) is 0.944. The highest BCUT2D eigenvalue weighted by Crippen LogP contribution is 2.21. The summed E-state index contributed by atoms with van der Waals surface area (Å²) in [5, 5.41) is 3.32. The summed E-state index contributed by atoms with van der Waals surface area (Å²) in [7, 11) is 0. The summed E-state index contributed by atoms with van der Waals surface area (Å²) in [4.78, 5) is 15.8. The molecule has 3 nitrogen and oxygen atoms in total. The maximum atomic E-state index is 11.7. The fraction of sp³-hybridized carbons (Fsp3) is 0.455. The molecule has 0 bridgehead atoms. The van der Waals surface area contributed by atoms with Crippen LogP contribution in [0, 0.1) is 12.3 Å². The van der Waals surface area contributed by atoms with Crippen LogP contribution in [0.5, 0.6) is 0 Å². The Balaban J connectivity index is 2.90. The topological polar surface area (TPSA) is 42.0 Å². The average molecular weight is 227 g/mol. The van der Waals surface area contributed by atoms with Gasteiger partial charge in [-0.15, -0.1) is 0 Å². The molecule has 0 spiro atoms. The lowest BCUT2D eigenvalue weighted by molar-refractivity contribution is -0.123. The minimum Gasteiger partial charge on any atom is -0.324 e. The number of carbonyl (C=O) groups is 1. The fourth-order valence-corrected chi connectivity index (χ4v) is 1.10. The van der Waals surface area contributed by atoms with Crippen LogP contribution in [0.1, 0.15) is 26.5 Å². The molecule has 0 radical (unpaired) electrons. The lowest BCUT2D eigenvalue weighted by atomic mass is 9.95. The van der Waals surface area contributed by atoms with Crippen LogP contribution >= 0.6 is 11.6 Å². The van der Waals surface area contributed by atoms with Crippen molar-refractivity contribution in [3.05, 3.63) is 23.0 Å². The van der Waals surface area contributed by atoms with Crippen molar-refractivity contribution in [3.8, 4) is 0 Å². The maximum Gasteiger partial charge on any atom is 0.229 e. The highest BCUT2D eigenvalue weighted by Gasteiger charge is 2.21. The molecule has 1 rings (SSSR count). The highest BCUT2D eigenvalue weighted by atomic mass is 35.5. The minimum atomic E-state index is -0.422. The molecule has 1 aromatic rings. The molecule has 82 valence electrons. The Bertz CT molecular complexity index is 383. The third-order valence-corrected chi connectivity index (χ3v) is 2.19. The first kappa shape index (κ1) is 12.0. The average Bonchev–Trinajstić information content (AvgIpc) is 2.09. The van der Waals surface area contributed by atoms with Gasteiger partial charge in [0.2, 0.25) is 5.91 Å². The third-order valence-electron chi connectivity index (χ3n) is 1.98. The zero-order valence-electron chi connectivity index (χ0n) is 9.39. The Morgan fingerprint density at radius 1 is 1.47 bits per heavy atom. The molecule has 1 N–H and O–H groups in total. The van der Waals surface area contributed by atoms with Crippen LogP contribution in [0.2, 0.25) is 5.02 Å². The zero-order chi connectivity index (χ0) is 11.6. The summed E-state index contributed by atoms with van der Waals surface area (Å²) in [5.41, 5.74) is 1.01. The second kappa shape index (κ2) is 4.19. The van der Waals surface area contributed by atoms with E-state index in [1.807, 2.05) is 27.7 Å². The van der Waals surface area contributed by atoms with Gasteiger partial charge in [-0.1, -0.05) is 32.4 Å². The van der Waals surface area contributed by atoms with Gasteiger partial charge in [0, 0.05) is 11.6 Å². The van der Waals surface area contributed by atoms with Gasteiger partial charge in [0.15, 0.2) is 0 Å². The molecule has 0 aliphatic rings. The Hall–Kier alpha value is -1.09. The third kappa shape index (κ3) is 3.20. The van der Waals surface area contributed by atoms with Gasteiger partial charge in [-0.05, 0) is 13.0 Å². The van der Waals surface area contributed by atoms with Crippen molar-refractivity contribution in [2.24, 2.45) is 5.41 Å². The van der Waals surface area contributed by atoms with E-state index >= 15 is 0 Å². The van der Waals surface area contributed by atoms with Crippen molar-refractivity contribution in [2.75, 3.05) is 5.32 Å². The Morgan fingerprint density at radius 3 is 2.60 bits per heavy atom. The van der Waals surface area contributed by atoms with Crippen molar-refractivity contribution in [2.45, 2.75) is 27.7 Å².